The molecule has 0 atom stereocenters. The summed E-state index contributed by atoms with van der Waals surface area (Å²) in [7, 11) is 0. The van der Waals surface area contributed by atoms with E-state index < -0.39 is 11.8 Å². The Morgan fingerprint density at radius 1 is 1.14 bits per heavy atom. The first-order chi connectivity index (χ1) is 9.88. The molecular formula is C14H16N4O3. The largest absolute Gasteiger partial charge is 0.381 e. The minimum absolute atomic E-state index is 0.215. The van der Waals surface area contributed by atoms with Gasteiger partial charge in [-0.3, -0.25) is 9.59 Å². The molecule has 0 saturated heterocycles. The molecule has 21 heavy (non-hydrogen) atoms. The number of carbonyl (C=O) groups is 2. The van der Waals surface area contributed by atoms with Gasteiger partial charge in [-0.15, -0.1) is 0 Å². The average molecular weight is 288 g/mol. The molecule has 7 heteroatoms. The first-order valence-electron chi connectivity index (χ1n) is 6.29. The fourth-order valence-electron chi connectivity index (χ4n) is 1.96. The molecule has 1 aromatic carbocycles. The van der Waals surface area contributed by atoms with E-state index in [-0.39, 0.29) is 11.1 Å². The van der Waals surface area contributed by atoms with E-state index >= 15 is 0 Å². The summed E-state index contributed by atoms with van der Waals surface area (Å²) in [6.07, 6.45) is 0. The molecule has 0 aliphatic heterocycles. The summed E-state index contributed by atoms with van der Waals surface area (Å²) in [5.74, 6) is -0.543. The van der Waals surface area contributed by atoms with E-state index in [0.29, 0.717) is 18.0 Å². The highest BCUT2D eigenvalue weighted by Crippen LogP contribution is 2.18. The van der Waals surface area contributed by atoms with Crippen LogP contribution < -0.4 is 16.8 Å². The van der Waals surface area contributed by atoms with E-state index in [4.69, 9.17) is 16.0 Å². The molecule has 0 fully saturated rings. The highest BCUT2D eigenvalue weighted by atomic mass is 16.5. The maximum atomic E-state index is 11.3. The Bertz CT molecular complexity index is 654. The van der Waals surface area contributed by atoms with Crippen molar-refractivity contribution in [2.75, 3.05) is 5.32 Å². The van der Waals surface area contributed by atoms with Crippen LogP contribution in [-0.4, -0.2) is 17.0 Å². The number of benzene rings is 1. The molecule has 1 heterocycles. The van der Waals surface area contributed by atoms with E-state index in [0.717, 1.165) is 11.3 Å². The number of aryl methyl sites for hydroxylation is 2. The van der Waals surface area contributed by atoms with Gasteiger partial charge in [0.2, 0.25) is 11.8 Å². The summed E-state index contributed by atoms with van der Waals surface area (Å²) >= 11 is 0. The van der Waals surface area contributed by atoms with Crippen molar-refractivity contribution in [3.63, 3.8) is 0 Å². The van der Waals surface area contributed by atoms with Crippen molar-refractivity contribution >= 4 is 17.5 Å². The van der Waals surface area contributed by atoms with Gasteiger partial charge in [0.15, 0.2) is 0 Å². The second-order valence-electron chi connectivity index (χ2n) is 4.68. The van der Waals surface area contributed by atoms with Crippen molar-refractivity contribution in [3.05, 3.63) is 46.3 Å². The van der Waals surface area contributed by atoms with E-state index in [1.807, 2.05) is 13.8 Å². The van der Waals surface area contributed by atoms with Gasteiger partial charge < -0.3 is 21.3 Å². The summed E-state index contributed by atoms with van der Waals surface area (Å²) < 4.78 is 5.07. The lowest BCUT2D eigenvalue weighted by Crippen LogP contribution is -2.16. The Hall–Kier alpha value is -2.83. The summed E-state index contributed by atoms with van der Waals surface area (Å²) in [6.45, 7) is 4.09. The van der Waals surface area contributed by atoms with Crippen molar-refractivity contribution < 1.29 is 14.1 Å². The highest BCUT2D eigenvalue weighted by Gasteiger charge is 2.11. The van der Waals surface area contributed by atoms with Crippen LogP contribution in [-0.2, 0) is 6.54 Å². The number of carbonyl (C=O) groups excluding carboxylic acids is 2. The van der Waals surface area contributed by atoms with Gasteiger partial charge in [0.05, 0.1) is 5.69 Å². The lowest BCUT2D eigenvalue weighted by molar-refractivity contribution is 0.0999. The maximum absolute atomic E-state index is 11.3. The predicted molar refractivity (Wildman–Crippen MR) is 76.8 cm³/mol. The van der Waals surface area contributed by atoms with E-state index in [9.17, 15) is 9.59 Å². The molecule has 2 amide bonds. The van der Waals surface area contributed by atoms with Crippen LogP contribution in [0.4, 0.5) is 5.69 Å². The van der Waals surface area contributed by atoms with Gasteiger partial charge in [-0.1, -0.05) is 5.16 Å². The van der Waals surface area contributed by atoms with Crippen LogP contribution in [0.1, 0.15) is 37.7 Å². The lowest BCUT2D eigenvalue weighted by atomic mass is 10.1. The Labute approximate surface area is 121 Å². The topological polar surface area (TPSA) is 124 Å². The third-order valence-corrected chi connectivity index (χ3v) is 3.15. The van der Waals surface area contributed by atoms with Crippen LogP contribution in [0, 0.1) is 13.8 Å². The molecule has 0 aliphatic rings. The van der Waals surface area contributed by atoms with Crippen molar-refractivity contribution in [1.29, 1.82) is 0 Å². The average Bonchev–Trinajstić information content (AvgIpc) is 2.75. The summed E-state index contributed by atoms with van der Waals surface area (Å²) in [5, 5.41) is 6.96. The van der Waals surface area contributed by atoms with Gasteiger partial charge in [-0.05, 0) is 32.0 Å². The molecule has 0 aliphatic carbocycles. The minimum atomic E-state index is -0.626. The van der Waals surface area contributed by atoms with Crippen LogP contribution >= 0.6 is 0 Å². The van der Waals surface area contributed by atoms with Gasteiger partial charge in [-0.2, -0.15) is 0 Å². The zero-order valence-corrected chi connectivity index (χ0v) is 11.8. The molecule has 0 unspecified atom stereocenters. The zero-order chi connectivity index (χ0) is 15.6. The first kappa shape index (κ1) is 14.6. The highest BCUT2D eigenvalue weighted by molar-refractivity contribution is 5.99. The van der Waals surface area contributed by atoms with Gasteiger partial charge in [0.25, 0.3) is 0 Å². The molecule has 0 saturated carbocycles. The molecule has 0 radical (unpaired) electrons. The Kier molecular flexibility index (Phi) is 3.93. The number of rotatable bonds is 5. The zero-order valence-electron chi connectivity index (χ0n) is 11.8. The van der Waals surface area contributed by atoms with Crippen LogP contribution in [0.3, 0.4) is 0 Å². The lowest BCUT2D eigenvalue weighted by Gasteiger charge is -2.09. The molecule has 110 valence electrons. The molecule has 0 spiro atoms. The molecule has 0 bridgehead atoms. The molecule has 2 rings (SSSR count). The van der Waals surface area contributed by atoms with Crippen LogP contribution in [0.2, 0.25) is 0 Å². The normalized spacial score (nSPS) is 10.4. The van der Waals surface area contributed by atoms with E-state index in [1.54, 1.807) is 12.1 Å². The van der Waals surface area contributed by atoms with E-state index in [1.165, 1.54) is 6.07 Å². The third-order valence-electron chi connectivity index (χ3n) is 3.15. The third kappa shape index (κ3) is 3.19. The van der Waals surface area contributed by atoms with Crippen LogP contribution in [0.25, 0.3) is 0 Å². The Balaban J connectivity index is 2.27. The van der Waals surface area contributed by atoms with Crippen molar-refractivity contribution in [1.82, 2.24) is 5.16 Å². The molecule has 2 aromatic rings. The number of nitrogens with zero attached hydrogens (tertiary/aromatic N) is 1. The SMILES string of the molecule is Cc1noc(C)c1CNc1cc(C(N)=O)cc(C(N)=O)c1. The Morgan fingerprint density at radius 2 is 1.71 bits per heavy atom. The van der Waals surface area contributed by atoms with Gasteiger partial charge in [-0.25, -0.2) is 0 Å². The Morgan fingerprint density at radius 3 is 2.14 bits per heavy atom. The minimum Gasteiger partial charge on any atom is -0.381 e. The number of primary amides is 2. The number of nitrogens with two attached hydrogens (primary N) is 2. The number of hydrogen-bond donors (Lipinski definition) is 3. The summed E-state index contributed by atoms with van der Waals surface area (Å²) in [5.41, 5.74) is 13.2. The number of anilines is 1. The van der Waals surface area contributed by atoms with Crippen molar-refractivity contribution in [2.45, 2.75) is 20.4 Å². The van der Waals surface area contributed by atoms with Gasteiger partial charge >= 0.3 is 0 Å². The van der Waals surface area contributed by atoms with Crippen LogP contribution in [0.5, 0.6) is 0 Å². The smallest absolute Gasteiger partial charge is 0.248 e. The second-order valence-corrected chi connectivity index (χ2v) is 4.68. The number of amides is 2. The van der Waals surface area contributed by atoms with Gasteiger partial charge in [0.1, 0.15) is 5.76 Å². The van der Waals surface area contributed by atoms with Crippen molar-refractivity contribution in [2.24, 2.45) is 11.5 Å². The number of aromatic nitrogens is 1. The molecule has 5 N–H and O–H groups in total. The number of hydrogen-bond acceptors (Lipinski definition) is 5. The fourth-order valence-corrected chi connectivity index (χ4v) is 1.96. The molecular weight excluding hydrogens is 272 g/mol. The molecule has 7 nitrogen and oxygen atoms in total. The standard InChI is InChI=1S/C14H16N4O3/c1-7-12(8(2)21-18-7)6-17-11-4-9(13(15)19)3-10(5-11)14(16)20/h3-5,17H,6H2,1-2H3,(H2,15,19)(H2,16,20). The first-order valence-corrected chi connectivity index (χ1v) is 6.29. The monoisotopic (exact) mass is 288 g/mol. The van der Waals surface area contributed by atoms with E-state index in [2.05, 4.69) is 10.5 Å². The maximum Gasteiger partial charge on any atom is 0.248 e. The quantitative estimate of drug-likeness (QED) is 0.760. The number of nitrogens with one attached hydrogen (secondary N) is 1. The van der Waals surface area contributed by atoms with Gasteiger partial charge in [0, 0.05) is 28.9 Å². The fraction of sp³-hybridized carbons (Fsp3) is 0.214. The summed E-state index contributed by atoms with van der Waals surface area (Å²) in [6, 6.07) is 4.49. The second kappa shape index (κ2) is 5.66. The summed E-state index contributed by atoms with van der Waals surface area (Å²) in [4.78, 5) is 22.6. The predicted octanol–water partition coefficient (Wildman–Crippen LogP) is 1.10. The van der Waals surface area contributed by atoms with Crippen LogP contribution in [0.15, 0.2) is 22.7 Å². The molecule has 1 aromatic heterocycles. The van der Waals surface area contributed by atoms with Crippen molar-refractivity contribution in [3.8, 4) is 0 Å².